The van der Waals surface area contributed by atoms with E-state index in [1.54, 1.807) is 29.0 Å². The molecule has 0 bridgehead atoms. The van der Waals surface area contributed by atoms with E-state index in [1.165, 1.54) is 0 Å². The lowest BCUT2D eigenvalue weighted by atomic mass is 10.2. The highest BCUT2D eigenvalue weighted by atomic mass is 35.5. The van der Waals surface area contributed by atoms with Gasteiger partial charge in [0, 0.05) is 23.8 Å². The van der Waals surface area contributed by atoms with Crippen molar-refractivity contribution in [2.24, 2.45) is 7.05 Å². The predicted molar refractivity (Wildman–Crippen MR) is 73.9 cm³/mol. The Balaban J connectivity index is 1.99. The first kappa shape index (κ1) is 12.5. The maximum Gasteiger partial charge on any atom is 0.274 e. The minimum Gasteiger partial charge on any atom is -0.345 e. The van der Waals surface area contributed by atoms with Gasteiger partial charge in [0.25, 0.3) is 5.89 Å². The first-order chi connectivity index (χ1) is 9.67. The Morgan fingerprint density at radius 2 is 2.05 bits per heavy atom. The molecule has 1 aromatic carbocycles. The number of benzene rings is 1. The van der Waals surface area contributed by atoms with Crippen LogP contribution in [0.25, 0.3) is 23.0 Å². The molecule has 3 rings (SSSR count). The molecule has 0 saturated heterocycles. The Morgan fingerprint density at radius 3 is 2.70 bits per heavy atom. The molecular weight excluding hydrogens is 276 g/mol. The van der Waals surface area contributed by atoms with Gasteiger partial charge in [-0.1, -0.05) is 16.8 Å². The van der Waals surface area contributed by atoms with Crippen molar-refractivity contribution in [3.05, 3.63) is 47.1 Å². The van der Waals surface area contributed by atoms with Gasteiger partial charge in [0.1, 0.15) is 11.8 Å². The Hall–Kier alpha value is -2.58. The number of nitrogens with zero attached hydrogens (tertiary/aromatic N) is 4. The van der Waals surface area contributed by atoms with Crippen molar-refractivity contribution < 1.29 is 4.52 Å². The topological polar surface area (TPSA) is 67.6 Å². The molecule has 0 atom stereocenters. The van der Waals surface area contributed by atoms with Crippen LogP contribution in [0.5, 0.6) is 0 Å². The summed E-state index contributed by atoms with van der Waals surface area (Å²) in [6, 6.07) is 11.0. The molecule has 5 nitrogen and oxygen atoms in total. The summed E-state index contributed by atoms with van der Waals surface area (Å²) in [4.78, 5) is 4.34. The Morgan fingerprint density at radius 1 is 1.30 bits per heavy atom. The van der Waals surface area contributed by atoms with Gasteiger partial charge in [-0.05, 0) is 30.3 Å². The molecule has 0 spiro atoms. The van der Waals surface area contributed by atoms with Crippen LogP contribution < -0.4 is 0 Å². The molecule has 0 aliphatic rings. The molecule has 0 N–H and O–H groups in total. The van der Waals surface area contributed by atoms with E-state index in [0.717, 1.165) is 5.56 Å². The van der Waals surface area contributed by atoms with E-state index in [0.29, 0.717) is 28.0 Å². The van der Waals surface area contributed by atoms with Crippen molar-refractivity contribution >= 4 is 11.6 Å². The lowest BCUT2D eigenvalue weighted by Crippen LogP contribution is -1.89. The Kier molecular flexibility index (Phi) is 3.01. The summed E-state index contributed by atoms with van der Waals surface area (Å²) < 4.78 is 7.03. The van der Waals surface area contributed by atoms with Crippen LogP contribution >= 0.6 is 11.6 Å². The van der Waals surface area contributed by atoms with Crippen molar-refractivity contribution in [3.8, 4) is 29.0 Å². The number of hydrogen-bond acceptors (Lipinski definition) is 4. The van der Waals surface area contributed by atoms with Crippen LogP contribution in [0.2, 0.25) is 5.02 Å². The molecule has 0 radical (unpaired) electrons. The molecular formula is C14H9ClN4O. The van der Waals surface area contributed by atoms with Gasteiger partial charge in [-0.15, -0.1) is 0 Å². The average molecular weight is 285 g/mol. The van der Waals surface area contributed by atoms with Gasteiger partial charge >= 0.3 is 0 Å². The fraction of sp³-hybridized carbons (Fsp3) is 0.0714. The van der Waals surface area contributed by atoms with Crippen LogP contribution in [-0.2, 0) is 7.05 Å². The number of aryl methyl sites for hydroxylation is 1. The number of aromatic nitrogens is 3. The van der Waals surface area contributed by atoms with Crippen LogP contribution in [0, 0.1) is 11.3 Å². The fourth-order valence-corrected chi connectivity index (χ4v) is 2.01. The van der Waals surface area contributed by atoms with Crippen molar-refractivity contribution in [1.82, 2.24) is 14.7 Å². The van der Waals surface area contributed by atoms with E-state index in [2.05, 4.69) is 16.2 Å². The molecule has 0 saturated carbocycles. The molecule has 0 aliphatic heterocycles. The average Bonchev–Trinajstić information content (AvgIpc) is 3.06. The molecule has 3 aromatic rings. The molecule has 2 aromatic heterocycles. The zero-order valence-electron chi connectivity index (χ0n) is 10.5. The number of rotatable bonds is 2. The number of nitriles is 1. The molecule has 2 heterocycles. The molecule has 20 heavy (non-hydrogen) atoms. The van der Waals surface area contributed by atoms with E-state index >= 15 is 0 Å². The van der Waals surface area contributed by atoms with Gasteiger partial charge in [-0.25, -0.2) is 0 Å². The summed E-state index contributed by atoms with van der Waals surface area (Å²) in [5, 5.41) is 13.5. The maximum atomic E-state index is 8.89. The standard InChI is InChI=1S/C14H9ClN4O/c1-19-8-9(7-16)6-12(19)14-17-13(18-20-14)10-2-4-11(15)5-3-10/h2-6,8H,1H3. The normalized spacial score (nSPS) is 10.4. The van der Waals surface area contributed by atoms with Crippen LogP contribution in [0.15, 0.2) is 41.1 Å². The van der Waals surface area contributed by atoms with Gasteiger partial charge in [0.05, 0.1) is 5.56 Å². The Bertz CT molecular complexity index is 795. The molecule has 6 heteroatoms. The predicted octanol–water partition coefficient (Wildman–Crippen LogP) is 3.27. The van der Waals surface area contributed by atoms with Crippen LogP contribution in [0.4, 0.5) is 0 Å². The summed E-state index contributed by atoms with van der Waals surface area (Å²) in [7, 11) is 1.82. The quantitative estimate of drug-likeness (QED) is 0.724. The molecule has 0 unspecified atom stereocenters. The smallest absolute Gasteiger partial charge is 0.274 e. The SMILES string of the molecule is Cn1cc(C#N)cc1-c1nc(-c2ccc(Cl)cc2)no1. The van der Waals surface area contributed by atoms with Crippen LogP contribution in [-0.4, -0.2) is 14.7 Å². The highest BCUT2D eigenvalue weighted by molar-refractivity contribution is 6.30. The van der Waals surface area contributed by atoms with Crippen molar-refractivity contribution in [1.29, 1.82) is 5.26 Å². The van der Waals surface area contributed by atoms with Gasteiger partial charge in [0.2, 0.25) is 5.82 Å². The lowest BCUT2D eigenvalue weighted by Gasteiger charge is -1.95. The maximum absolute atomic E-state index is 8.89. The van der Waals surface area contributed by atoms with E-state index in [9.17, 15) is 0 Å². The van der Waals surface area contributed by atoms with Crippen molar-refractivity contribution in [2.45, 2.75) is 0 Å². The monoisotopic (exact) mass is 284 g/mol. The summed E-state index contributed by atoms with van der Waals surface area (Å²) in [6.07, 6.45) is 1.71. The Labute approximate surface area is 120 Å². The van der Waals surface area contributed by atoms with E-state index in [1.807, 2.05) is 19.2 Å². The summed E-state index contributed by atoms with van der Waals surface area (Å²) >= 11 is 5.84. The second-order valence-corrected chi connectivity index (χ2v) is 4.70. The molecule has 0 aliphatic carbocycles. The second kappa shape index (κ2) is 4.83. The highest BCUT2D eigenvalue weighted by Crippen LogP contribution is 2.24. The fourth-order valence-electron chi connectivity index (χ4n) is 1.88. The third-order valence-corrected chi connectivity index (χ3v) is 3.13. The summed E-state index contributed by atoms with van der Waals surface area (Å²) in [6.45, 7) is 0. The van der Waals surface area contributed by atoms with E-state index < -0.39 is 0 Å². The second-order valence-electron chi connectivity index (χ2n) is 4.27. The van der Waals surface area contributed by atoms with Crippen molar-refractivity contribution in [3.63, 3.8) is 0 Å². The zero-order chi connectivity index (χ0) is 14.1. The first-order valence-electron chi connectivity index (χ1n) is 5.84. The zero-order valence-corrected chi connectivity index (χ0v) is 11.3. The van der Waals surface area contributed by atoms with E-state index in [4.69, 9.17) is 21.4 Å². The summed E-state index contributed by atoms with van der Waals surface area (Å²) in [5.74, 6) is 0.857. The van der Waals surface area contributed by atoms with Gasteiger partial charge in [0.15, 0.2) is 0 Å². The largest absolute Gasteiger partial charge is 0.345 e. The van der Waals surface area contributed by atoms with Crippen LogP contribution in [0.3, 0.4) is 0 Å². The third kappa shape index (κ3) is 2.17. The molecule has 98 valence electrons. The third-order valence-electron chi connectivity index (χ3n) is 2.88. The minimum absolute atomic E-state index is 0.374. The van der Waals surface area contributed by atoms with Gasteiger partial charge < -0.3 is 9.09 Å². The number of halogens is 1. The first-order valence-corrected chi connectivity index (χ1v) is 6.21. The highest BCUT2D eigenvalue weighted by Gasteiger charge is 2.14. The molecule has 0 amide bonds. The number of hydrogen-bond donors (Lipinski definition) is 0. The van der Waals surface area contributed by atoms with E-state index in [-0.39, 0.29) is 0 Å². The van der Waals surface area contributed by atoms with Crippen LogP contribution in [0.1, 0.15) is 5.56 Å². The van der Waals surface area contributed by atoms with Gasteiger partial charge in [-0.2, -0.15) is 10.2 Å². The van der Waals surface area contributed by atoms with Crippen molar-refractivity contribution in [2.75, 3.05) is 0 Å². The summed E-state index contributed by atoms with van der Waals surface area (Å²) in [5.41, 5.74) is 2.07. The van der Waals surface area contributed by atoms with Gasteiger partial charge in [-0.3, -0.25) is 0 Å². The minimum atomic E-state index is 0.374. The lowest BCUT2D eigenvalue weighted by molar-refractivity contribution is 0.429. The molecule has 0 fully saturated rings.